The first-order valence-electron chi connectivity index (χ1n) is 7.67. The largest absolute Gasteiger partial charge is 0.508 e. The fourth-order valence-corrected chi connectivity index (χ4v) is 2.66. The Morgan fingerprint density at radius 1 is 1.24 bits per heavy atom. The maximum Gasteiger partial charge on any atom is 0.336 e. The first-order chi connectivity index (χ1) is 10.0. The number of aryl methyl sites for hydroxylation is 1. The molecular weight excluding hydrogens is 266 g/mol. The Bertz CT molecular complexity index is 676. The van der Waals surface area contributed by atoms with E-state index in [1.54, 1.807) is 12.1 Å². The number of phenols is 1. The van der Waals surface area contributed by atoms with Crippen molar-refractivity contribution in [2.75, 3.05) is 0 Å². The molecule has 1 aromatic carbocycles. The molecule has 2 rings (SSSR count). The van der Waals surface area contributed by atoms with Crippen LogP contribution in [0.5, 0.6) is 5.75 Å². The highest BCUT2D eigenvalue weighted by atomic mass is 16.4. The van der Waals surface area contributed by atoms with E-state index in [9.17, 15) is 9.90 Å². The van der Waals surface area contributed by atoms with E-state index in [0.717, 1.165) is 42.3 Å². The van der Waals surface area contributed by atoms with Gasteiger partial charge in [0.1, 0.15) is 17.9 Å². The smallest absolute Gasteiger partial charge is 0.336 e. The predicted octanol–water partition coefficient (Wildman–Crippen LogP) is 2.31. The van der Waals surface area contributed by atoms with Gasteiger partial charge in [-0.1, -0.05) is 20.3 Å². The number of aromatic hydroxyl groups is 1. The summed E-state index contributed by atoms with van der Waals surface area (Å²) < 4.78 is 5.21. The molecular formula is C17H24NO3+. The third kappa shape index (κ3) is 3.64. The molecule has 0 bridgehead atoms. The van der Waals surface area contributed by atoms with Gasteiger partial charge in [-0.15, -0.1) is 0 Å². The molecule has 0 aliphatic heterocycles. The van der Waals surface area contributed by atoms with Gasteiger partial charge in [-0.25, -0.2) is 4.79 Å². The summed E-state index contributed by atoms with van der Waals surface area (Å²) in [6, 6.07) is 5.57. The fraction of sp³-hybridized carbons (Fsp3) is 0.471. The van der Waals surface area contributed by atoms with E-state index >= 15 is 0 Å². The standard InChI is InChI=1S/C17H23NO3/c1-4-6-11(3)18-10-13-8-17(20)21-16-9-15(19)12(5-2)7-14(13)16/h7-9,11,18-19H,4-6,10H2,1-3H3/p+1/t11-/m0/s1. The second-order valence-electron chi connectivity index (χ2n) is 5.63. The first-order valence-corrected chi connectivity index (χ1v) is 7.67. The van der Waals surface area contributed by atoms with E-state index in [1.807, 2.05) is 13.0 Å². The molecule has 2 aromatic rings. The second kappa shape index (κ2) is 6.76. The number of nitrogens with two attached hydrogens (primary N) is 1. The lowest BCUT2D eigenvalue weighted by atomic mass is 10.0. The van der Waals surface area contributed by atoms with E-state index in [1.165, 1.54) is 0 Å². The van der Waals surface area contributed by atoms with Gasteiger partial charge in [0.05, 0.1) is 6.04 Å². The Hall–Kier alpha value is -1.81. The van der Waals surface area contributed by atoms with Gasteiger partial charge in [0, 0.05) is 23.1 Å². The minimum atomic E-state index is -0.363. The zero-order valence-corrected chi connectivity index (χ0v) is 13.0. The Morgan fingerprint density at radius 3 is 2.67 bits per heavy atom. The first kappa shape index (κ1) is 15.6. The molecule has 1 heterocycles. The summed E-state index contributed by atoms with van der Waals surface area (Å²) in [5.41, 5.74) is 1.94. The average Bonchev–Trinajstić information content (AvgIpc) is 2.44. The Labute approximate surface area is 124 Å². The van der Waals surface area contributed by atoms with Gasteiger partial charge >= 0.3 is 5.63 Å². The lowest BCUT2D eigenvalue weighted by Crippen LogP contribution is -2.87. The Balaban J connectivity index is 2.39. The van der Waals surface area contributed by atoms with E-state index in [2.05, 4.69) is 19.2 Å². The van der Waals surface area contributed by atoms with Crippen LogP contribution in [0, 0.1) is 0 Å². The number of hydrogen-bond acceptors (Lipinski definition) is 3. The van der Waals surface area contributed by atoms with Gasteiger partial charge in [-0.05, 0) is 31.4 Å². The van der Waals surface area contributed by atoms with Crippen molar-refractivity contribution in [3.05, 3.63) is 39.7 Å². The summed E-state index contributed by atoms with van der Waals surface area (Å²) in [5.74, 6) is 0.189. The number of hydrogen-bond donors (Lipinski definition) is 2. The second-order valence-corrected chi connectivity index (χ2v) is 5.63. The molecule has 21 heavy (non-hydrogen) atoms. The average molecular weight is 290 g/mol. The lowest BCUT2D eigenvalue weighted by molar-refractivity contribution is -0.701. The maximum absolute atomic E-state index is 11.7. The molecule has 4 heteroatoms. The zero-order chi connectivity index (χ0) is 15.4. The van der Waals surface area contributed by atoms with E-state index in [-0.39, 0.29) is 11.4 Å². The van der Waals surface area contributed by atoms with Gasteiger partial charge in [0.15, 0.2) is 0 Å². The van der Waals surface area contributed by atoms with E-state index in [4.69, 9.17) is 4.42 Å². The van der Waals surface area contributed by atoms with Crippen LogP contribution in [-0.4, -0.2) is 11.1 Å². The third-order valence-corrected chi connectivity index (χ3v) is 3.89. The summed E-state index contributed by atoms with van der Waals surface area (Å²) >= 11 is 0. The lowest BCUT2D eigenvalue weighted by Gasteiger charge is -2.11. The van der Waals surface area contributed by atoms with Gasteiger partial charge < -0.3 is 14.8 Å². The molecule has 0 aliphatic rings. The molecule has 0 unspecified atom stereocenters. The SMILES string of the molecule is CCC[C@H](C)[NH2+]Cc1cc(=O)oc2cc(O)c(CC)cc12. The third-order valence-electron chi connectivity index (χ3n) is 3.89. The van der Waals surface area contributed by atoms with Crippen molar-refractivity contribution < 1.29 is 14.8 Å². The maximum atomic E-state index is 11.7. The molecule has 0 radical (unpaired) electrons. The quantitative estimate of drug-likeness (QED) is 0.802. The van der Waals surface area contributed by atoms with Crippen LogP contribution in [0.15, 0.2) is 27.4 Å². The van der Waals surface area contributed by atoms with Gasteiger partial charge in [-0.2, -0.15) is 0 Å². The van der Waals surface area contributed by atoms with Crippen molar-refractivity contribution in [3.63, 3.8) is 0 Å². The van der Waals surface area contributed by atoms with Crippen LogP contribution in [0.3, 0.4) is 0 Å². The normalized spacial score (nSPS) is 12.7. The summed E-state index contributed by atoms with van der Waals surface area (Å²) in [6.45, 7) is 7.11. The summed E-state index contributed by atoms with van der Waals surface area (Å²) in [7, 11) is 0. The van der Waals surface area contributed by atoms with Crippen LogP contribution >= 0.6 is 0 Å². The number of fused-ring (bicyclic) bond motifs is 1. The summed E-state index contributed by atoms with van der Waals surface area (Å²) in [5, 5.41) is 13.1. The van der Waals surface area contributed by atoms with Crippen molar-refractivity contribution >= 4 is 11.0 Å². The molecule has 0 fully saturated rings. The molecule has 0 amide bonds. The fourth-order valence-electron chi connectivity index (χ4n) is 2.66. The highest BCUT2D eigenvalue weighted by molar-refractivity contribution is 5.82. The summed E-state index contributed by atoms with van der Waals surface area (Å²) in [6.07, 6.45) is 3.06. The minimum Gasteiger partial charge on any atom is -0.508 e. The van der Waals surface area contributed by atoms with Gasteiger partial charge in [0.2, 0.25) is 0 Å². The highest BCUT2D eigenvalue weighted by Crippen LogP contribution is 2.26. The molecule has 114 valence electrons. The monoisotopic (exact) mass is 290 g/mol. The van der Waals surface area contributed by atoms with Crippen molar-refractivity contribution in [2.24, 2.45) is 0 Å². The molecule has 0 saturated heterocycles. The molecule has 1 aromatic heterocycles. The van der Waals surface area contributed by atoms with Crippen LogP contribution in [0.25, 0.3) is 11.0 Å². The molecule has 0 spiro atoms. The molecule has 3 N–H and O–H groups in total. The highest BCUT2D eigenvalue weighted by Gasteiger charge is 2.12. The minimum absolute atomic E-state index is 0.189. The van der Waals surface area contributed by atoms with E-state index < -0.39 is 0 Å². The molecule has 4 nitrogen and oxygen atoms in total. The van der Waals surface area contributed by atoms with Gasteiger partial charge in [-0.3, -0.25) is 0 Å². The van der Waals surface area contributed by atoms with Crippen LogP contribution in [0.2, 0.25) is 0 Å². The van der Waals surface area contributed by atoms with Crippen LogP contribution in [0.4, 0.5) is 0 Å². The van der Waals surface area contributed by atoms with Crippen molar-refractivity contribution in [3.8, 4) is 5.75 Å². The number of rotatable bonds is 6. The van der Waals surface area contributed by atoms with Crippen LogP contribution in [-0.2, 0) is 13.0 Å². The van der Waals surface area contributed by atoms with Crippen molar-refractivity contribution in [1.82, 2.24) is 0 Å². The van der Waals surface area contributed by atoms with E-state index in [0.29, 0.717) is 11.6 Å². The zero-order valence-electron chi connectivity index (χ0n) is 13.0. The Morgan fingerprint density at radius 2 is 2.00 bits per heavy atom. The predicted molar refractivity (Wildman–Crippen MR) is 83.5 cm³/mol. The number of phenolic OH excluding ortho intramolecular Hbond substituents is 1. The number of quaternary nitrogens is 1. The molecule has 1 atom stereocenters. The van der Waals surface area contributed by atoms with Gasteiger partial charge in [0.25, 0.3) is 0 Å². The summed E-state index contributed by atoms with van der Waals surface area (Å²) in [4.78, 5) is 11.7. The van der Waals surface area contributed by atoms with Crippen molar-refractivity contribution in [1.29, 1.82) is 0 Å². The number of benzene rings is 1. The van der Waals surface area contributed by atoms with Crippen LogP contribution < -0.4 is 10.9 Å². The molecule has 0 saturated carbocycles. The van der Waals surface area contributed by atoms with Crippen LogP contribution in [0.1, 0.15) is 44.7 Å². The molecule has 0 aliphatic carbocycles. The van der Waals surface area contributed by atoms with Crippen molar-refractivity contribution in [2.45, 2.75) is 52.6 Å². The Kier molecular flexibility index (Phi) is 5.02. The topological polar surface area (TPSA) is 67.0 Å².